The minimum absolute atomic E-state index is 0.0336. The second-order valence-corrected chi connectivity index (χ2v) is 6.75. The van der Waals surface area contributed by atoms with Crippen molar-refractivity contribution in [3.8, 4) is 11.5 Å². The van der Waals surface area contributed by atoms with Crippen molar-refractivity contribution in [3.05, 3.63) is 80.5 Å². The van der Waals surface area contributed by atoms with Gasteiger partial charge >= 0.3 is 11.9 Å². The van der Waals surface area contributed by atoms with Crippen LogP contribution in [0.1, 0.15) is 35.0 Å². The molecular formula is C24H20O10. The summed E-state index contributed by atoms with van der Waals surface area (Å²) in [5.41, 5.74) is -0.363. The van der Waals surface area contributed by atoms with Gasteiger partial charge in [0.25, 0.3) is 0 Å². The van der Waals surface area contributed by atoms with E-state index in [2.05, 4.69) is 0 Å². The number of rotatable bonds is 4. The molecule has 0 aliphatic carbocycles. The van der Waals surface area contributed by atoms with Crippen LogP contribution < -0.4 is 10.9 Å². The van der Waals surface area contributed by atoms with E-state index >= 15 is 0 Å². The van der Waals surface area contributed by atoms with Crippen LogP contribution >= 0.6 is 0 Å². The van der Waals surface area contributed by atoms with Gasteiger partial charge in [-0.3, -0.25) is 9.59 Å². The van der Waals surface area contributed by atoms with Gasteiger partial charge in [0.2, 0.25) is 11.5 Å². The summed E-state index contributed by atoms with van der Waals surface area (Å²) in [6.45, 7) is 3.72. The lowest BCUT2D eigenvalue weighted by molar-refractivity contribution is 0.0482. The molecule has 0 unspecified atom stereocenters. The largest absolute Gasteiger partial charge is 0.508 e. The van der Waals surface area contributed by atoms with E-state index in [9.17, 15) is 29.4 Å². The van der Waals surface area contributed by atoms with Crippen molar-refractivity contribution >= 4 is 33.9 Å². The van der Waals surface area contributed by atoms with Gasteiger partial charge in [0, 0.05) is 18.2 Å². The monoisotopic (exact) mass is 468 g/mol. The summed E-state index contributed by atoms with van der Waals surface area (Å²) in [7, 11) is 0. The van der Waals surface area contributed by atoms with Crippen molar-refractivity contribution in [1.82, 2.24) is 0 Å². The Balaban J connectivity index is 0.000000191. The first kappa shape index (κ1) is 24.1. The fraction of sp³-hybridized carbons (Fsp3) is 0.167. The third-order valence-electron chi connectivity index (χ3n) is 4.38. The Labute approximate surface area is 191 Å². The van der Waals surface area contributed by atoms with Crippen LogP contribution in [0.2, 0.25) is 0 Å². The van der Waals surface area contributed by atoms with Gasteiger partial charge in [-0.15, -0.1) is 0 Å². The van der Waals surface area contributed by atoms with E-state index in [0.717, 1.165) is 12.1 Å². The molecule has 0 saturated heterocycles. The number of esters is 2. The summed E-state index contributed by atoms with van der Waals surface area (Å²) in [5.74, 6) is -1.77. The second-order valence-electron chi connectivity index (χ2n) is 6.75. The number of aromatic hydroxyl groups is 2. The maximum absolute atomic E-state index is 11.7. The standard InChI is InChI=1S/2C12H10O5/c1-2-16-12(15)11-6-9(14)8-5-7(13)3-4-10(8)17-11;1-2-16-12(15)11-6-9(14)8-4-3-7(13)5-10(8)17-11/h2*3-6,13H,2H2,1H3. The molecule has 4 aromatic rings. The van der Waals surface area contributed by atoms with Gasteiger partial charge in [-0.25, -0.2) is 9.59 Å². The first-order valence-electron chi connectivity index (χ1n) is 10.1. The smallest absolute Gasteiger partial charge is 0.374 e. The third kappa shape index (κ3) is 5.41. The van der Waals surface area contributed by atoms with E-state index in [1.54, 1.807) is 13.8 Å². The Morgan fingerprint density at radius 1 is 0.706 bits per heavy atom. The molecule has 0 saturated carbocycles. The zero-order valence-electron chi connectivity index (χ0n) is 18.2. The van der Waals surface area contributed by atoms with Crippen molar-refractivity contribution in [1.29, 1.82) is 0 Å². The second kappa shape index (κ2) is 10.3. The number of fused-ring (bicyclic) bond motifs is 2. The summed E-state index contributed by atoms with van der Waals surface area (Å²) >= 11 is 0. The van der Waals surface area contributed by atoms with E-state index in [0.29, 0.717) is 5.39 Å². The Kier molecular flexibility index (Phi) is 7.32. The van der Waals surface area contributed by atoms with Crippen LogP contribution in [0.15, 0.2) is 67.0 Å². The maximum atomic E-state index is 11.7. The fourth-order valence-corrected chi connectivity index (χ4v) is 2.89. The molecule has 0 radical (unpaired) electrons. The van der Waals surface area contributed by atoms with E-state index in [1.807, 2.05) is 0 Å². The molecular weight excluding hydrogens is 448 g/mol. The molecule has 0 spiro atoms. The highest BCUT2D eigenvalue weighted by Gasteiger charge is 2.14. The van der Waals surface area contributed by atoms with Crippen molar-refractivity contribution in [2.24, 2.45) is 0 Å². The van der Waals surface area contributed by atoms with Crippen molar-refractivity contribution in [2.45, 2.75) is 13.8 Å². The van der Waals surface area contributed by atoms with Crippen molar-refractivity contribution in [2.75, 3.05) is 13.2 Å². The number of hydrogen-bond acceptors (Lipinski definition) is 10. The highest BCUT2D eigenvalue weighted by molar-refractivity contribution is 5.90. The van der Waals surface area contributed by atoms with Crippen LogP contribution in [0.5, 0.6) is 11.5 Å². The highest BCUT2D eigenvalue weighted by atomic mass is 16.5. The van der Waals surface area contributed by atoms with Crippen LogP contribution in [0.25, 0.3) is 21.9 Å². The van der Waals surface area contributed by atoms with E-state index in [4.69, 9.17) is 18.3 Å². The summed E-state index contributed by atoms with van der Waals surface area (Å²) in [4.78, 5) is 46.2. The number of carbonyl (C=O) groups is 2. The van der Waals surface area contributed by atoms with Gasteiger partial charge < -0.3 is 28.5 Å². The predicted octanol–water partition coefficient (Wildman–Crippen LogP) is 3.35. The van der Waals surface area contributed by atoms with Gasteiger partial charge in [0.05, 0.1) is 24.0 Å². The molecule has 2 aromatic carbocycles. The summed E-state index contributed by atoms with van der Waals surface area (Å²) in [5, 5.41) is 19.0. The number of benzene rings is 2. The minimum Gasteiger partial charge on any atom is -0.508 e. The van der Waals surface area contributed by atoms with E-state index in [-0.39, 0.29) is 58.2 Å². The van der Waals surface area contributed by atoms with E-state index in [1.165, 1.54) is 36.4 Å². The SMILES string of the molecule is CCOC(=O)c1cc(=O)c2cc(O)ccc2o1.CCOC(=O)c1cc(=O)c2ccc(O)cc2o1. The number of phenols is 2. The summed E-state index contributed by atoms with van der Waals surface area (Å²) in [6, 6.07) is 10.3. The first-order valence-corrected chi connectivity index (χ1v) is 10.1. The lowest BCUT2D eigenvalue weighted by Crippen LogP contribution is -2.09. The van der Waals surface area contributed by atoms with Crippen LogP contribution in [0.3, 0.4) is 0 Å². The molecule has 0 fully saturated rings. The molecule has 34 heavy (non-hydrogen) atoms. The van der Waals surface area contributed by atoms with Crippen LogP contribution in [0.4, 0.5) is 0 Å². The highest BCUT2D eigenvalue weighted by Crippen LogP contribution is 2.19. The summed E-state index contributed by atoms with van der Waals surface area (Å²) < 4.78 is 19.9. The zero-order valence-corrected chi connectivity index (χ0v) is 18.2. The van der Waals surface area contributed by atoms with Gasteiger partial charge in [0.15, 0.2) is 10.9 Å². The van der Waals surface area contributed by atoms with E-state index < -0.39 is 17.4 Å². The molecule has 0 atom stereocenters. The number of hydrogen-bond donors (Lipinski definition) is 2. The Hall–Kier alpha value is -4.60. The molecule has 4 rings (SSSR count). The molecule has 10 nitrogen and oxygen atoms in total. The number of ether oxygens (including phenoxy) is 2. The van der Waals surface area contributed by atoms with Gasteiger partial charge in [-0.1, -0.05) is 0 Å². The van der Waals surface area contributed by atoms with Crippen LogP contribution in [-0.4, -0.2) is 35.4 Å². The summed E-state index contributed by atoms with van der Waals surface area (Å²) in [6.07, 6.45) is 0. The Morgan fingerprint density at radius 3 is 1.79 bits per heavy atom. The molecule has 10 heteroatoms. The Morgan fingerprint density at radius 2 is 1.21 bits per heavy atom. The lowest BCUT2D eigenvalue weighted by atomic mass is 10.2. The Bertz CT molecular complexity index is 1480. The lowest BCUT2D eigenvalue weighted by Gasteiger charge is -2.02. The average molecular weight is 468 g/mol. The maximum Gasteiger partial charge on any atom is 0.374 e. The fourth-order valence-electron chi connectivity index (χ4n) is 2.89. The first-order chi connectivity index (χ1) is 16.2. The topological polar surface area (TPSA) is 153 Å². The quantitative estimate of drug-likeness (QED) is 0.426. The molecule has 0 aliphatic heterocycles. The molecule has 176 valence electrons. The molecule has 0 bridgehead atoms. The van der Waals surface area contributed by atoms with Crippen LogP contribution in [0, 0.1) is 0 Å². The van der Waals surface area contributed by atoms with Gasteiger partial charge in [0.1, 0.15) is 22.7 Å². The molecule has 2 heterocycles. The molecule has 2 N–H and O–H groups in total. The number of phenolic OH excluding ortho intramolecular Hbond substituents is 2. The minimum atomic E-state index is -0.699. The number of carbonyl (C=O) groups excluding carboxylic acids is 2. The molecule has 0 aliphatic rings. The third-order valence-corrected chi connectivity index (χ3v) is 4.38. The predicted molar refractivity (Wildman–Crippen MR) is 120 cm³/mol. The molecule has 0 amide bonds. The average Bonchev–Trinajstić information content (AvgIpc) is 2.80. The van der Waals surface area contributed by atoms with Crippen molar-refractivity contribution < 1.29 is 38.1 Å². The van der Waals surface area contributed by atoms with Crippen LogP contribution in [-0.2, 0) is 9.47 Å². The van der Waals surface area contributed by atoms with Gasteiger partial charge in [-0.05, 0) is 44.2 Å². The van der Waals surface area contributed by atoms with Crippen molar-refractivity contribution in [3.63, 3.8) is 0 Å². The van der Waals surface area contributed by atoms with Gasteiger partial charge in [-0.2, -0.15) is 0 Å². The molecule has 2 aromatic heterocycles. The zero-order chi connectivity index (χ0) is 24.8. The normalized spacial score (nSPS) is 10.4.